The van der Waals surface area contributed by atoms with Crippen LogP contribution in [0.4, 0.5) is 0 Å². The van der Waals surface area contributed by atoms with E-state index >= 15 is 0 Å². The zero-order valence-corrected chi connectivity index (χ0v) is 12.4. The highest BCUT2D eigenvalue weighted by molar-refractivity contribution is 5.87. The summed E-state index contributed by atoms with van der Waals surface area (Å²) < 4.78 is 5.52. The molecule has 0 aromatic carbocycles. The highest BCUT2D eigenvalue weighted by Gasteiger charge is 2.31. The third kappa shape index (κ3) is 3.41. The zero-order valence-electron chi connectivity index (χ0n) is 12.4. The molecule has 1 fully saturated rings. The minimum absolute atomic E-state index is 0.00920. The van der Waals surface area contributed by atoms with Crippen LogP contribution in [0.25, 0.3) is 0 Å². The third-order valence-corrected chi connectivity index (χ3v) is 4.20. The van der Waals surface area contributed by atoms with Crippen molar-refractivity contribution in [2.24, 2.45) is 11.3 Å². The first-order valence-corrected chi connectivity index (χ1v) is 7.20. The molecule has 1 heterocycles. The maximum atomic E-state index is 12.0. The minimum Gasteiger partial charge on any atom is -0.458 e. The quantitative estimate of drug-likeness (QED) is 0.837. The number of hydrogen-bond donors (Lipinski definition) is 1. The van der Waals surface area contributed by atoms with E-state index in [9.17, 15) is 4.79 Å². The van der Waals surface area contributed by atoms with Gasteiger partial charge in [-0.25, -0.2) is 4.79 Å². The molecule has 1 N–H and O–H groups in total. The summed E-state index contributed by atoms with van der Waals surface area (Å²) in [5.41, 5.74) is 1.07. The first-order valence-electron chi connectivity index (χ1n) is 7.20. The SMILES string of the molecule is CC(C)(C)C1CCC(OC(=O)c2ccc(C#N)[nH]2)CC1. The fourth-order valence-electron chi connectivity index (χ4n) is 2.84. The highest BCUT2D eigenvalue weighted by atomic mass is 16.5. The number of nitriles is 1. The number of carbonyl (C=O) groups is 1. The van der Waals surface area contributed by atoms with Gasteiger partial charge in [0, 0.05) is 0 Å². The van der Waals surface area contributed by atoms with Gasteiger partial charge in [0.15, 0.2) is 0 Å². The van der Waals surface area contributed by atoms with Crippen LogP contribution in [-0.2, 0) is 4.74 Å². The lowest BCUT2D eigenvalue weighted by Gasteiger charge is -2.36. The van der Waals surface area contributed by atoms with Gasteiger partial charge in [0.1, 0.15) is 23.6 Å². The van der Waals surface area contributed by atoms with Gasteiger partial charge in [-0.3, -0.25) is 0 Å². The normalized spacial score (nSPS) is 23.1. The molecule has 2 rings (SSSR count). The van der Waals surface area contributed by atoms with Crippen LogP contribution < -0.4 is 0 Å². The largest absolute Gasteiger partial charge is 0.458 e. The lowest BCUT2D eigenvalue weighted by Crippen LogP contribution is -2.30. The van der Waals surface area contributed by atoms with E-state index < -0.39 is 0 Å². The smallest absolute Gasteiger partial charge is 0.355 e. The number of hydrogen-bond acceptors (Lipinski definition) is 3. The Morgan fingerprint density at radius 1 is 1.30 bits per heavy atom. The number of ether oxygens (including phenoxy) is 1. The van der Waals surface area contributed by atoms with E-state index in [1.165, 1.54) is 0 Å². The standard InChI is InChI=1S/C16H22N2O2/c1-16(2,3)11-4-7-13(8-5-11)20-15(19)14-9-6-12(10-17)18-14/h6,9,11,13,18H,4-5,7-8H2,1-3H3. The summed E-state index contributed by atoms with van der Waals surface area (Å²) in [6.45, 7) is 6.81. The van der Waals surface area contributed by atoms with Crippen molar-refractivity contribution in [2.45, 2.75) is 52.6 Å². The van der Waals surface area contributed by atoms with E-state index in [2.05, 4.69) is 25.8 Å². The van der Waals surface area contributed by atoms with Gasteiger partial charge >= 0.3 is 5.97 Å². The van der Waals surface area contributed by atoms with E-state index in [1.54, 1.807) is 12.1 Å². The summed E-state index contributed by atoms with van der Waals surface area (Å²) in [7, 11) is 0. The van der Waals surface area contributed by atoms with Crippen molar-refractivity contribution in [3.63, 3.8) is 0 Å². The van der Waals surface area contributed by atoms with Crippen molar-refractivity contribution >= 4 is 5.97 Å². The van der Waals surface area contributed by atoms with Gasteiger partial charge in [-0.1, -0.05) is 20.8 Å². The molecule has 1 saturated carbocycles. The molecule has 0 radical (unpaired) electrons. The second-order valence-electron chi connectivity index (χ2n) is 6.64. The second kappa shape index (κ2) is 5.70. The van der Waals surface area contributed by atoms with Crippen LogP contribution in [0.15, 0.2) is 12.1 Å². The van der Waals surface area contributed by atoms with Gasteiger partial charge < -0.3 is 9.72 Å². The fraction of sp³-hybridized carbons (Fsp3) is 0.625. The van der Waals surface area contributed by atoms with Crippen LogP contribution in [0.5, 0.6) is 0 Å². The molecule has 20 heavy (non-hydrogen) atoms. The Balaban J connectivity index is 1.87. The van der Waals surface area contributed by atoms with Crippen LogP contribution in [0, 0.1) is 22.7 Å². The molecular weight excluding hydrogens is 252 g/mol. The molecule has 0 unspecified atom stereocenters. The van der Waals surface area contributed by atoms with E-state index in [0.717, 1.165) is 25.7 Å². The van der Waals surface area contributed by atoms with E-state index in [1.807, 2.05) is 6.07 Å². The van der Waals surface area contributed by atoms with Crippen LogP contribution >= 0.6 is 0 Å². The third-order valence-electron chi connectivity index (χ3n) is 4.20. The summed E-state index contributed by atoms with van der Waals surface area (Å²) in [5, 5.41) is 8.73. The topological polar surface area (TPSA) is 65.9 Å². The molecule has 4 nitrogen and oxygen atoms in total. The molecule has 0 saturated heterocycles. The predicted molar refractivity (Wildman–Crippen MR) is 76.1 cm³/mol. The number of esters is 1. The number of carbonyl (C=O) groups excluding carboxylic acids is 1. The summed E-state index contributed by atoms with van der Waals surface area (Å²) >= 11 is 0. The molecule has 1 aliphatic rings. The number of rotatable bonds is 2. The highest BCUT2D eigenvalue weighted by Crippen LogP contribution is 2.38. The summed E-state index contributed by atoms with van der Waals surface area (Å²) in [5.74, 6) is 0.346. The summed E-state index contributed by atoms with van der Waals surface area (Å²) in [6.07, 6.45) is 4.08. The molecule has 0 amide bonds. The van der Waals surface area contributed by atoms with Crippen LogP contribution in [-0.4, -0.2) is 17.1 Å². The van der Waals surface area contributed by atoms with Gasteiger partial charge in [-0.15, -0.1) is 0 Å². The van der Waals surface area contributed by atoms with Gasteiger partial charge in [-0.2, -0.15) is 5.26 Å². The number of nitrogens with one attached hydrogen (secondary N) is 1. The van der Waals surface area contributed by atoms with Crippen LogP contribution in [0.1, 0.15) is 62.6 Å². The van der Waals surface area contributed by atoms with Crippen LogP contribution in [0.2, 0.25) is 0 Å². The number of aromatic amines is 1. The lowest BCUT2D eigenvalue weighted by molar-refractivity contribution is 0.00877. The summed E-state index contributed by atoms with van der Waals surface area (Å²) in [4.78, 5) is 14.7. The molecule has 4 heteroatoms. The molecule has 0 spiro atoms. The van der Waals surface area contributed by atoms with Crippen molar-refractivity contribution in [3.8, 4) is 6.07 Å². The predicted octanol–water partition coefficient (Wildman–Crippen LogP) is 3.65. The first-order chi connectivity index (χ1) is 9.40. The van der Waals surface area contributed by atoms with Crippen molar-refractivity contribution in [1.29, 1.82) is 5.26 Å². The number of H-pyrrole nitrogens is 1. The fourth-order valence-corrected chi connectivity index (χ4v) is 2.84. The van der Waals surface area contributed by atoms with Crippen LogP contribution in [0.3, 0.4) is 0 Å². The minimum atomic E-state index is -0.356. The van der Waals surface area contributed by atoms with E-state index in [4.69, 9.17) is 10.00 Å². The molecule has 0 atom stereocenters. The van der Waals surface area contributed by atoms with Crippen molar-refractivity contribution < 1.29 is 9.53 Å². The van der Waals surface area contributed by atoms with Crippen molar-refractivity contribution in [1.82, 2.24) is 4.98 Å². The molecule has 1 aromatic heterocycles. The molecular formula is C16H22N2O2. The Labute approximate surface area is 120 Å². The molecule has 0 aliphatic heterocycles. The zero-order chi connectivity index (χ0) is 14.8. The molecule has 1 aromatic rings. The Morgan fingerprint density at radius 2 is 1.95 bits per heavy atom. The Kier molecular flexibility index (Phi) is 4.17. The number of nitrogens with zero attached hydrogens (tertiary/aromatic N) is 1. The lowest BCUT2D eigenvalue weighted by atomic mass is 9.72. The maximum Gasteiger partial charge on any atom is 0.355 e. The Morgan fingerprint density at radius 3 is 2.45 bits per heavy atom. The van der Waals surface area contributed by atoms with Crippen molar-refractivity contribution in [2.75, 3.05) is 0 Å². The molecule has 0 bridgehead atoms. The Hall–Kier alpha value is -1.76. The van der Waals surface area contributed by atoms with Gasteiger partial charge in [0.05, 0.1) is 0 Å². The average Bonchev–Trinajstić information content (AvgIpc) is 2.87. The maximum absolute atomic E-state index is 12.0. The van der Waals surface area contributed by atoms with Crippen molar-refractivity contribution in [3.05, 3.63) is 23.5 Å². The summed E-state index contributed by atoms with van der Waals surface area (Å²) in [6, 6.07) is 5.15. The van der Waals surface area contributed by atoms with Gasteiger partial charge in [0.2, 0.25) is 0 Å². The second-order valence-corrected chi connectivity index (χ2v) is 6.64. The number of aromatic nitrogens is 1. The average molecular weight is 274 g/mol. The van der Waals surface area contributed by atoms with E-state index in [0.29, 0.717) is 22.7 Å². The van der Waals surface area contributed by atoms with E-state index in [-0.39, 0.29) is 12.1 Å². The molecule has 1 aliphatic carbocycles. The molecule has 108 valence electrons. The first kappa shape index (κ1) is 14.6. The monoisotopic (exact) mass is 274 g/mol. The van der Waals surface area contributed by atoms with Gasteiger partial charge in [-0.05, 0) is 49.1 Å². The van der Waals surface area contributed by atoms with Gasteiger partial charge in [0.25, 0.3) is 0 Å². The Bertz CT molecular complexity index is 511.